The quantitative estimate of drug-likeness (QED) is 0.0728. The van der Waals surface area contributed by atoms with Gasteiger partial charge in [-0.2, -0.15) is 0 Å². The third kappa shape index (κ3) is 15.0. The maximum absolute atomic E-state index is 14.2. The van der Waals surface area contributed by atoms with Crippen LogP contribution in [0.25, 0.3) is 21.8 Å². The number of hydrogen-bond acceptors (Lipinski definition) is 4. The number of piperazine rings is 3. The Morgan fingerprint density at radius 2 is 1.22 bits per heavy atom. The van der Waals surface area contributed by atoms with E-state index in [1.807, 2.05) is 36.6 Å². The van der Waals surface area contributed by atoms with Gasteiger partial charge in [-0.3, -0.25) is 53.5 Å². The number of rotatable bonds is 1. The minimum Gasteiger partial charge on any atom is -1.00 e. The molecule has 0 N–H and O–H groups in total. The lowest BCUT2D eigenvalue weighted by molar-refractivity contribution is -1.15. The Morgan fingerprint density at radius 3 is 1.67 bits per heavy atom. The van der Waals surface area contributed by atoms with Crippen LogP contribution in [-0.2, 0) is 19.5 Å². The maximum Gasteiger partial charge on any atom is 0.762 e. The minimum absolute atomic E-state index is 0. The van der Waals surface area contributed by atoms with Gasteiger partial charge in [0, 0.05) is 28.5 Å². The van der Waals surface area contributed by atoms with E-state index in [0.29, 0.717) is 54.9 Å². The van der Waals surface area contributed by atoms with Crippen LogP contribution in [0.1, 0.15) is 59.7 Å². The van der Waals surface area contributed by atoms with Gasteiger partial charge in [-0.15, -0.1) is 4.71 Å². The number of benzene rings is 2. The first-order valence-corrected chi connectivity index (χ1v) is 20.2. The van der Waals surface area contributed by atoms with Crippen molar-refractivity contribution in [3.8, 4) is 0 Å². The van der Waals surface area contributed by atoms with Crippen LogP contribution in [0.5, 0.6) is 0 Å². The monoisotopic (exact) mass is 1020 g/mol. The molecule has 5 aliphatic heterocycles. The van der Waals surface area contributed by atoms with Gasteiger partial charge in [0.15, 0.2) is 31.8 Å². The molecule has 0 saturated carbocycles. The predicted octanol–water partition coefficient (Wildman–Crippen LogP) is 3.81. The van der Waals surface area contributed by atoms with Crippen molar-refractivity contribution in [2.24, 2.45) is 10.8 Å². The summed E-state index contributed by atoms with van der Waals surface area (Å²) in [5.74, 6) is 1.18. The molecule has 24 heteroatoms. The van der Waals surface area contributed by atoms with E-state index in [4.69, 9.17) is 13.0 Å². The third-order valence-electron chi connectivity index (χ3n) is 10.3. The summed E-state index contributed by atoms with van der Waals surface area (Å²) in [4.78, 5) is 33.9. The molecule has 2 bridgehead atoms. The van der Waals surface area contributed by atoms with Gasteiger partial charge >= 0.3 is 15.1 Å². The molecule has 1 unspecified atom stereocenters. The second-order valence-electron chi connectivity index (χ2n) is 15.9. The van der Waals surface area contributed by atoms with Crippen LogP contribution in [0.2, 0.25) is 0 Å². The Kier molecular flexibility index (Phi) is 20.5. The van der Waals surface area contributed by atoms with Gasteiger partial charge in [0.25, 0.3) is 11.1 Å². The van der Waals surface area contributed by atoms with Gasteiger partial charge in [-0.05, 0) is 64.6 Å². The average molecular weight is 1020 g/mol. The highest BCUT2D eigenvalue weighted by Gasteiger charge is 2.50. The molecule has 60 heavy (non-hydrogen) atoms. The van der Waals surface area contributed by atoms with E-state index in [9.17, 15) is 48.7 Å². The molecule has 1 atom stereocenters. The standard InChI is InChI=1S/C14H14BrFN2O.C14H15BrN2O.C7H14ClFN2.CH3F.2BF3.2FH/c1-14(2)6-10(16)12-17-11-5-8(15)3-4-9(11)13(19)18(12)7-14;1-14(2)6-5-12-16-11-7-9(15)3-4-10(11)13(18)17(12)8-14;8-7-10-1-4-11(9,5-2-10)6-3-10;1-2;2*2-1(3)4;;/h3-5,10H,6-7H2,1-2H3;3-4,7H,5-6,8H2,1-2H3;1-7H2;1H3;;;2*1H/q;;+2;;;;;/p-2/i;;;1D;;;;. The van der Waals surface area contributed by atoms with E-state index >= 15 is 0 Å². The molecule has 2 aromatic carbocycles. The van der Waals surface area contributed by atoms with Gasteiger partial charge in [0.2, 0.25) is 0 Å². The SMILES string of the molecule is CC1(C)CC(F)c2nc3cc(Br)ccc3c(=O)n2C1.CC1(C)CCc2nc3cc(Br)ccc3c(=O)n2C1.FB(F)F.FB(F)F.F[N+]12CC[N+](CCl)(CC1)CC2.[2H]CF.[F-].[F-]. The van der Waals surface area contributed by atoms with Gasteiger partial charge in [-0.1, -0.05) is 71.2 Å². The zero-order valence-electron chi connectivity index (χ0n) is 34.2. The summed E-state index contributed by atoms with van der Waals surface area (Å²) >= 11 is 12.6. The van der Waals surface area contributed by atoms with E-state index in [2.05, 4.69) is 55.7 Å². The molecule has 5 aliphatic rings. The molecule has 2 aromatic heterocycles. The molecule has 0 amide bonds. The Morgan fingerprint density at radius 1 is 0.800 bits per heavy atom. The van der Waals surface area contributed by atoms with Crippen LogP contribution in [0, 0.1) is 10.8 Å². The summed E-state index contributed by atoms with van der Waals surface area (Å²) in [5.41, 5.74) is 1.24. The smallest absolute Gasteiger partial charge is 0.762 e. The van der Waals surface area contributed by atoms with E-state index in [-0.39, 0.29) is 41.9 Å². The second kappa shape index (κ2) is 23.1. The predicted molar refractivity (Wildman–Crippen MR) is 218 cm³/mol. The Bertz CT molecular complexity index is 2130. The zero-order chi connectivity index (χ0) is 44.5. The number of hydrogen-bond donors (Lipinski definition) is 0. The Labute approximate surface area is 364 Å². The first-order valence-electron chi connectivity index (χ1n) is 18.8. The summed E-state index contributed by atoms with van der Waals surface area (Å²) in [6.07, 6.45) is 1.18. The summed E-state index contributed by atoms with van der Waals surface area (Å²) in [6, 6.07) is 11.6. The number of aromatic nitrogens is 4. The topological polar surface area (TPSA) is 69.8 Å². The van der Waals surface area contributed by atoms with Crippen molar-refractivity contribution in [3.05, 3.63) is 77.7 Å². The molecule has 7 heterocycles. The zero-order valence-corrected chi connectivity index (χ0v) is 37.1. The molecular formula is C36H46B2Br2ClF11N6O2. The average Bonchev–Trinajstić information content (AvgIpc) is 3.13. The molecule has 9 rings (SSSR count). The third-order valence-corrected chi connectivity index (χ3v) is 11.8. The fraction of sp³-hybridized carbons (Fsp3) is 0.556. The Hall–Kier alpha value is -2.75. The number of quaternary nitrogens is 2. The first-order chi connectivity index (χ1) is 27.4. The van der Waals surface area contributed by atoms with Crippen LogP contribution >= 0.6 is 43.5 Å². The first kappa shape index (κ1) is 53.4. The normalized spacial score (nSPS) is 22.4. The fourth-order valence-corrected chi connectivity index (χ4v) is 8.30. The lowest BCUT2D eigenvalue weighted by Gasteiger charge is -2.48. The fourth-order valence-electron chi connectivity index (χ4n) is 7.25. The van der Waals surface area contributed by atoms with Gasteiger partial charge < -0.3 is 9.41 Å². The molecular weight excluding hydrogens is 974 g/mol. The van der Waals surface area contributed by atoms with Crippen LogP contribution in [0.15, 0.2) is 54.9 Å². The van der Waals surface area contributed by atoms with Gasteiger partial charge in [-0.25, -0.2) is 14.4 Å². The molecule has 0 spiro atoms. The molecule has 3 saturated heterocycles. The molecule has 3 fully saturated rings. The highest BCUT2D eigenvalue weighted by Crippen LogP contribution is 2.38. The Balaban J connectivity index is 0.000000410. The largest absolute Gasteiger partial charge is 1.00 e. The van der Waals surface area contributed by atoms with Crippen molar-refractivity contribution >= 4 is 80.4 Å². The summed E-state index contributed by atoms with van der Waals surface area (Å²) < 4.78 is 107. The summed E-state index contributed by atoms with van der Waals surface area (Å²) in [5, 5.41) is 1.25. The minimum atomic E-state index is -3.67. The van der Waals surface area contributed by atoms with E-state index in [0.717, 1.165) is 63.8 Å². The van der Waals surface area contributed by atoms with Crippen molar-refractivity contribution in [3.63, 3.8) is 0 Å². The lowest BCUT2D eigenvalue weighted by atomic mass is 9.84. The van der Waals surface area contributed by atoms with Crippen LogP contribution in [0.3, 0.4) is 0 Å². The summed E-state index contributed by atoms with van der Waals surface area (Å²) in [7, 11) is -8.33. The number of fused-ring (bicyclic) bond motifs is 7. The molecule has 8 nitrogen and oxygen atoms in total. The number of halogens is 14. The number of aryl methyl sites for hydroxylation is 1. The van der Waals surface area contributed by atoms with Crippen molar-refractivity contribution in [1.29, 1.82) is 0 Å². The molecule has 4 aromatic rings. The number of nitrogens with zero attached hydrogens (tertiary/aromatic N) is 6. The van der Waals surface area contributed by atoms with Crippen LogP contribution < -0.4 is 20.5 Å². The molecule has 0 radical (unpaired) electrons. The maximum atomic E-state index is 14.2. The van der Waals surface area contributed by atoms with E-state index < -0.39 is 28.4 Å². The lowest BCUT2D eigenvalue weighted by Crippen LogP contribution is -3.00. The second-order valence-corrected chi connectivity index (χ2v) is 18.0. The molecule has 336 valence electrons. The van der Waals surface area contributed by atoms with Gasteiger partial charge in [0.1, 0.15) is 31.3 Å². The highest BCUT2D eigenvalue weighted by atomic mass is 79.9. The summed E-state index contributed by atoms with van der Waals surface area (Å²) in [6.45, 7) is 14.4. The number of alkyl halides is 3. The van der Waals surface area contributed by atoms with Crippen molar-refractivity contribution in [2.45, 2.75) is 66.2 Å². The van der Waals surface area contributed by atoms with E-state index in [1.165, 1.54) is 4.57 Å². The van der Waals surface area contributed by atoms with E-state index in [1.54, 1.807) is 18.2 Å². The van der Waals surface area contributed by atoms with Crippen molar-refractivity contribution in [1.82, 2.24) is 19.1 Å². The van der Waals surface area contributed by atoms with Gasteiger partial charge in [0.05, 0.1) is 30.3 Å². The molecule has 0 aliphatic carbocycles. The van der Waals surface area contributed by atoms with Crippen LogP contribution in [0.4, 0.5) is 39.2 Å². The van der Waals surface area contributed by atoms with Crippen molar-refractivity contribution < 1.29 is 59.1 Å². The highest BCUT2D eigenvalue weighted by molar-refractivity contribution is 9.10. The van der Waals surface area contributed by atoms with Crippen molar-refractivity contribution in [2.75, 3.05) is 52.4 Å². The van der Waals surface area contributed by atoms with Crippen LogP contribution in [-0.4, -0.2) is 95.8 Å².